The Morgan fingerprint density at radius 2 is 1.36 bits per heavy atom. The number of hydrogen-bond donors (Lipinski definition) is 1. The van der Waals surface area contributed by atoms with Crippen molar-refractivity contribution in [3.05, 3.63) is 0 Å². The van der Waals surface area contributed by atoms with Crippen molar-refractivity contribution < 1.29 is 54.2 Å². The van der Waals surface area contributed by atoms with Gasteiger partial charge in [0.25, 0.3) is 5.60 Å². The van der Waals surface area contributed by atoms with Crippen LogP contribution < -0.4 is 0 Å². The molecule has 0 saturated heterocycles. The van der Waals surface area contributed by atoms with Crippen LogP contribution in [-0.2, 0) is 9.53 Å². The van der Waals surface area contributed by atoms with E-state index in [0.717, 1.165) is 13.8 Å². The Labute approximate surface area is 155 Å². The molecule has 28 heavy (non-hydrogen) atoms. The zero-order valence-corrected chi connectivity index (χ0v) is 15.3. The quantitative estimate of drug-likeness (QED) is 0.484. The number of rotatable bonds is 4. The van der Waals surface area contributed by atoms with Crippen molar-refractivity contribution in [3.8, 4) is 0 Å². The van der Waals surface area contributed by atoms with Gasteiger partial charge in [-0.25, -0.2) is 0 Å². The average molecular weight is 432 g/mol. The number of carbonyl (C=O) groups is 1. The number of esters is 1. The number of ether oxygens (including phenoxy) is 1. The highest BCUT2D eigenvalue weighted by Gasteiger charge is 2.73. The lowest BCUT2D eigenvalue weighted by atomic mass is 9.71. The van der Waals surface area contributed by atoms with Gasteiger partial charge in [0.2, 0.25) is 0 Å². The first-order chi connectivity index (χ1) is 12.3. The van der Waals surface area contributed by atoms with Crippen LogP contribution in [0.1, 0.15) is 52.9 Å². The minimum absolute atomic E-state index is 0.560. The number of aliphatic hydroxyl groups is 1. The second-order valence-electron chi connectivity index (χ2n) is 7.56. The average Bonchev–Trinajstić information content (AvgIpc) is 2.50. The van der Waals surface area contributed by atoms with Crippen LogP contribution in [0.25, 0.3) is 0 Å². The van der Waals surface area contributed by atoms with E-state index in [9.17, 15) is 49.4 Å². The molecule has 0 amide bonds. The Kier molecular flexibility index (Phi) is 6.43. The summed E-state index contributed by atoms with van der Waals surface area (Å²) in [5.74, 6) is -3.91. The van der Waals surface area contributed by atoms with Gasteiger partial charge in [-0.3, -0.25) is 4.79 Å². The minimum atomic E-state index is -5.99. The maximum Gasteiger partial charge on any atom is 0.426 e. The molecule has 0 spiro atoms. The predicted molar refractivity (Wildman–Crippen MR) is 78.0 cm³/mol. The molecule has 0 aromatic carbocycles. The summed E-state index contributed by atoms with van der Waals surface area (Å²) in [5.41, 5.74) is -9.48. The maximum absolute atomic E-state index is 13.1. The van der Waals surface area contributed by atoms with E-state index in [1.54, 1.807) is 0 Å². The summed E-state index contributed by atoms with van der Waals surface area (Å²) >= 11 is 0. The molecule has 1 aliphatic carbocycles. The molecule has 1 fully saturated rings. The molecular weight excluding hydrogens is 411 g/mol. The molecule has 0 heterocycles. The normalized spacial score (nSPS) is 27.2. The van der Waals surface area contributed by atoms with Crippen molar-refractivity contribution in [3.63, 3.8) is 0 Å². The molecule has 0 bridgehead atoms. The van der Waals surface area contributed by atoms with Gasteiger partial charge < -0.3 is 9.84 Å². The van der Waals surface area contributed by atoms with E-state index in [1.807, 2.05) is 0 Å². The summed E-state index contributed by atoms with van der Waals surface area (Å²) in [6, 6.07) is 0. The van der Waals surface area contributed by atoms with Crippen molar-refractivity contribution in [2.24, 2.45) is 11.3 Å². The van der Waals surface area contributed by atoms with Crippen molar-refractivity contribution in [1.82, 2.24) is 0 Å². The fourth-order valence-electron chi connectivity index (χ4n) is 3.17. The van der Waals surface area contributed by atoms with E-state index in [0.29, 0.717) is 6.92 Å². The van der Waals surface area contributed by atoms with Crippen LogP contribution in [0.4, 0.5) is 39.5 Å². The summed E-state index contributed by atoms with van der Waals surface area (Å²) in [6.07, 6.45) is -20.4. The number of hydrogen-bond acceptors (Lipinski definition) is 3. The third kappa shape index (κ3) is 4.20. The first-order valence-corrected chi connectivity index (χ1v) is 8.41. The Balaban J connectivity index is 3.00. The number of halogens is 9. The number of carbonyl (C=O) groups excluding carboxylic acids is 1. The molecule has 166 valence electrons. The predicted octanol–water partition coefficient (Wildman–Crippen LogP) is 5.31. The van der Waals surface area contributed by atoms with Crippen LogP contribution in [-0.4, -0.2) is 40.8 Å². The van der Waals surface area contributed by atoms with E-state index in [4.69, 9.17) is 4.74 Å². The summed E-state index contributed by atoms with van der Waals surface area (Å²) in [7, 11) is 0. The van der Waals surface area contributed by atoms with Crippen molar-refractivity contribution in [2.75, 3.05) is 0 Å². The fourth-order valence-corrected chi connectivity index (χ4v) is 3.17. The molecule has 0 aromatic heterocycles. The lowest BCUT2D eigenvalue weighted by Crippen LogP contribution is -2.63. The van der Waals surface area contributed by atoms with Gasteiger partial charge in [-0.15, -0.1) is 0 Å². The zero-order chi connectivity index (χ0) is 22.4. The van der Waals surface area contributed by atoms with Crippen molar-refractivity contribution in [1.29, 1.82) is 0 Å². The van der Waals surface area contributed by atoms with Crippen LogP contribution in [0.5, 0.6) is 0 Å². The Morgan fingerprint density at radius 3 is 1.64 bits per heavy atom. The highest BCUT2D eigenvalue weighted by molar-refractivity contribution is 5.77. The topological polar surface area (TPSA) is 46.5 Å². The molecule has 1 rings (SSSR count). The van der Waals surface area contributed by atoms with Gasteiger partial charge >= 0.3 is 24.5 Å². The lowest BCUT2D eigenvalue weighted by molar-refractivity contribution is -0.388. The minimum Gasteiger partial charge on any atom is -0.459 e. The van der Waals surface area contributed by atoms with Gasteiger partial charge in [0.05, 0.1) is 0 Å². The van der Waals surface area contributed by atoms with Crippen LogP contribution >= 0.6 is 0 Å². The Bertz CT molecular complexity index is 557. The van der Waals surface area contributed by atoms with Gasteiger partial charge in [0.1, 0.15) is 5.60 Å². The van der Waals surface area contributed by atoms with Gasteiger partial charge in [0, 0.05) is 5.92 Å². The van der Waals surface area contributed by atoms with Crippen LogP contribution in [0.2, 0.25) is 0 Å². The second kappa shape index (κ2) is 7.24. The molecule has 3 nitrogen and oxygen atoms in total. The van der Waals surface area contributed by atoms with E-state index >= 15 is 0 Å². The van der Waals surface area contributed by atoms with Crippen LogP contribution in [0.15, 0.2) is 0 Å². The summed E-state index contributed by atoms with van der Waals surface area (Å²) < 4.78 is 122. The third-order valence-electron chi connectivity index (χ3n) is 5.62. The van der Waals surface area contributed by atoms with E-state index in [-0.39, 0.29) is 0 Å². The second-order valence-corrected chi connectivity index (χ2v) is 7.56. The number of alkyl halides is 9. The van der Waals surface area contributed by atoms with Gasteiger partial charge in [-0.2, -0.15) is 39.5 Å². The lowest BCUT2D eigenvalue weighted by Gasteiger charge is -2.45. The first-order valence-electron chi connectivity index (χ1n) is 8.41. The van der Waals surface area contributed by atoms with E-state index < -0.39 is 79.1 Å². The first kappa shape index (κ1) is 24.8. The molecule has 0 aromatic rings. The van der Waals surface area contributed by atoms with E-state index in [1.165, 1.54) is 0 Å². The van der Waals surface area contributed by atoms with Gasteiger partial charge in [0.15, 0.2) is 5.41 Å². The highest BCUT2D eigenvalue weighted by Crippen LogP contribution is 2.53. The molecule has 1 unspecified atom stereocenters. The third-order valence-corrected chi connectivity index (χ3v) is 5.62. The summed E-state index contributed by atoms with van der Waals surface area (Å²) in [5, 5.41) is 9.43. The smallest absolute Gasteiger partial charge is 0.426 e. The van der Waals surface area contributed by atoms with Crippen molar-refractivity contribution in [2.45, 2.75) is 82.6 Å². The molecule has 1 N–H and O–H groups in total. The summed E-state index contributed by atoms with van der Waals surface area (Å²) in [4.78, 5) is 12.1. The molecule has 1 saturated carbocycles. The van der Waals surface area contributed by atoms with Gasteiger partial charge in [-0.1, -0.05) is 6.92 Å². The van der Waals surface area contributed by atoms with Crippen LogP contribution in [0, 0.1) is 11.3 Å². The standard InChI is InChI=1S/C16H21F9O3/c1-4-12(3,14(17,18)19)10(26)28-11(2)7-5-9(6-8-11)13(27,15(20,21)22)16(23,24)25/h9,27H,4-8H2,1-3H3. The Morgan fingerprint density at radius 1 is 0.964 bits per heavy atom. The highest BCUT2D eigenvalue weighted by atomic mass is 19.4. The van der Waals surface area contributed by atoms with Crippen LogP contribution in [0.3, 0.4) is 0 Å². The summed E-state index contributed by atoms with van der Waals surface area (Å²) in [6.45, 7) is 2.85. The molecule has 1 atom stereocenters. The maximum atomic E-state index is 13.1. The monoisotopic (exact) mass is 432 g/mol. The fraction of sp³-hybridized carbons (Fsp3) is 0.938. The molecule has 1 aliphatic rings. The SMILES string of the molecule is CCC(C)(C(=O)OC1(C)CCC(C(O)(C(F)(F)F)C(F)(F)F)CC1)C(F)(F)F. The molecular formula is C16H21F9O3. The van der Waals surface area contributed by atoms with Crippen molar-refractivity contribution >= 4 is 5.97 Å². The molecule has 12 heteroatoms. The molecule has 0 aliphatic heterocycles. The van der Waals surface area contributed by atoms with Gasteiger partial charge in [-0.05, 0) is 46.0 Å². The Hall–Kier alpha value is -1.20. The zero-order valence-electron chi connectivity index (χ0n) is 15.3. The largest absolute Gasteiger partial charge is 0.459 e. The van der Waals surface area contributed by atoms with E-state index in [2.05, 4.69) is 0 Å². The molecule has 0 radical (unpaired) electrons.